The number of nitro groups is 1. The van der Waals surface area contributed by atoms with Gasteiger partial charge in [-0.15, -0.1) is 0 Å². The van der Waals surface area contributed by atoms with Crippen LogP contribution in [0.3, 0.4) is 0 Å². The van der Waals surface area contributed by atoms with Crippen molar-refractivity contribution in [2.75, 3.05) is 13.2 Å². The van der Waals surface area contributed by atoms with Crippen molar-refractivity contribution >= 4 is 28.1 Å². The van der Waals surface area contributed by atoms with Gasteiger partial charge in [0.2, 0.25) is 5.78 Å². The van der Waals surface area contributed by atoms with Crippen LogP contribution < -0.4 is 0 Å². The third-order valence-electron chi connectivity index (χ3n) is 4.59. The van der Waals surface area contributed by atoms with Crippen molar-refractivity contribution in [3.05, 3.63) is 50.1 Å². The Labute approximate surface area is 159 Å². The molecule has 0 spiro atoms. The highest BCUT2D eigenvalue weighted by molar-refractivity contribution is 7.17. The molecule has 144 valence electrons. The standard InChI is InChI=1S/C18H20N2O6S/c1-11-8-14(12(2)19(11)9-13-4-3-7-25-13)15(21)10-26-18(22)16-5-6-17(27-16)20(23)24/h5-6,8,13H,3-4,7,9-10H2,1-2H3/t13-/m1/s1. The first-order valence-corrected chi connectivity index (χ1v) is 9.41. The number of hydrogen-bond acceptors (Lipinski definition) is 7. The quantitative estimate of drug-likeness (QED) is 0.310. The monoisotopic (exact) mass is 392 g/mol. The first kappa shape index (κ1) is 19.2. The number of Topliss-reactive ketones (excluding diaryl/α,β-unsaturated/α-hetero) is 1. The van der Waals surface area contributed by atoms with Crippen molar-refractivity contribution < 1.29 is 24.0 Å². The third-order valence-corrected chi connectivity index (χ3v) is 5.61. The van der Waals surface area contributed by atoms with Crippen molar-refractivity contribution in [1.82, 2.24) is 4.57 Å². The highest BCUT2D eigenvalue weighted by atomic mass is 32.1. The molecule has 0 unspecified atom stereocenters. The number of nitrogens with zero attached hydrogens (tertiary/aromatic N) is 2. The molecule has 3 rings (SSSR count). The average molecular weight is 392 g/mol. The minimum Gasteiger partial charge on any atom is -0.453 e. The Hall–Kier alpha value is -2.52. The summed E-state index contributed by atoms with van der Waals surface area (Å²) in [4.78, 5) is 34.7. The van der Waals surface area contributed by atoms with Crippen LogP contribution >= 0.6 is 11.3 Å². The lowest BCUT2D eigenvalue weighted by molar-refractivity contribution is -0.380. The second kappa shape index (κ2) is 8.01. The van der Waals surface area contributed by atoms with E-state index < -0.39 is 17.5 Å². The zero-order chi connectivity index (χ0) is 19.6. The molecule has 9 heteroatoms. The van der Waals surface area contributed by atoms with Crippen LogP contribution in [0.15, 0.2) is 18.2 Å². The van der Waals surface area contributed by atoms with Crippen LogP contribution in [0.5, 0.6) is 0 Å². The molecule has 0 saturated carbocycles. The summed E-state index contributed by atoms with van der Waals surface area (Å²) in [7, 11) is 0. The van der Waals surface area contributed by atoms with E-state index in [2.05, 4.69) is 0 Å². The van der Waals surface area contributed by atoms with Crippen molar-refractivity contribution in [2.24, 2.45) is 0 Å². The first-order valence-electron chi connectivity index (χ1n) is 8.59. The molecule has 3 heterocycles. The van der Waals surface area contributed by atoms with Crippen molar-refractivity contribution in [1.29, 1.82) is 0 Å². The molecule has 0 amide bonds. The summed E-state index contributed by atoms with van der Waals surface area (Å²) in [5, 5.41) is 10.5. The number of ketones is 1. The topological polar surface area (TPSA) is 101 Å². The fraction of sp³-hybridized carbons (Fsp3) is 0.444. The van der Waals surface area contributed by atoms with Crippen LogP contribution in [0.1, 0.15) is 44.3 Å². The Morgan fingerprint density at radius 3 is 2.81 bits per heavy atom. The van der Waals surface area contributed by atoms with Crippen LogP contribution in [-0.4, -0.2) is 40.6 Å². The van der Waals surface area contributed by atoms with Gasteiger partial charge in [-0.3, -0.25) is 14.9 Å². The molecular weight excluding hydrogens is 372 g/mol. The minimum atomic E-state index is -0.741. The second-order valence-corrected chi connectivity index (χ2v) is 7.49. The molecule has 1 atom stereocenters. The predicted octanol–water partition coefficient (Wildman–Crippen LogP) is 3.29. The van der Waals surface area contributed by atoms with Crippen LogP contribution in [0.25, 0.3) is 0 Å². The number of carbonyl (C=O) groups is 2. The van der Waals surface area contributed by atoms with Crippen LogP contribution in [0.2, 0.25) is 0 Å². The van der Waals surface area contributed by atoms with Gasteiger partial charge in [0.1, 0.15) is 4.88 Å². The number of ether oxygens (including phenoxy) is 2. The van der Waals surface area contributed by atoms with E-state index in [4.69, 9.17) is 9.47 Å². The highest BCUT2D eigenvalue weighted by Crippen LogP contribution is 2.25. The Morgan fingerprint density at radius 2 is 2.19 bits per heavy atom. The molecule has 1 aliphatic heterocycles. The summed E-state index contributed by atoms with van der Waals surface area (Å²) < 4.78 is 12.8. The van der Waals surface area contributed by atoms with Gasteiger partial charge in [-0.25, -0.2) is 4.79 Å². The predicted molar refractivity (Wildman–Crippen MR) is 98.5 cm³/mol. The van der Waals surface area contributed by atoms with Gasteiger partial charge in [-0.2, -0.15) is 0 Å². The molecule has 8 nitrogen and oxygen atoms in total. The third kappa shape index (κ3) is 4.25. The first-order chi connectivity index (χ1) is 12.9. The van der Waals surface area contributed by atoms with Gasteiger partial charge in [0.25, 0.3) is 0 Å². The highest BCUT2D eigenvalue weighted by Gasteiger charge is 2.22. The van der Waals surface area contributed by atoms with Crippen molar-refractivity contribution in [3.63, 3.8) is 0 Å². The molecule has 0 aromatic carbocycles. The molecule has 0 N–H and O–H groups in total. The van der Waals surface area contributed by atoms with Gasteiger partial charge >= 0.3 is 11.0 Å². The summed E-state index contributed by atoms with van der Waals surface area (Å²) >= 11 is 0.721. The van der Waals surface area contributed by atoms with Gasteiger partial charge < -0.3 is 14.0 Å². The largest absolute Gasteiger partial charge is 0.453 e. The molecular formula is C18H20N2O6S. The average Bonchev–Trinajstić information content (AvgIpc) is 3.36. The molecule has 1 fully saturated rings. The van der Waals surface area contributed by atoms with E-state index in [0.29, 0.717) is 12.1 Å². The molecule has 1 saturated heterocycles. The maximum Gasteiger partial charge on any atom is 0.349 e. The van der Waals surface area contributed by atoms with Crippen LogP contribution in [0, 0.1) is 24.0 Å². The Morgan fingerprint density at radius 1 is 1.41 bits per heavy atom. The van der Waals surface area contributed by atoms with E-state index in [1.807, 2.05) is 18.4 Å². The number of carbonyl (C=O) groups excluding carboxylic acids is 2. The van der Waals surface area contributed by atoms with Gasteiger partial charge in [0.15, 0.2) is 6.61 Å². The van der Waals surface area contributed by atoms with E-state index in [1.54, 1.807) is 6.07 Å². The van der Waals surface area contributed by atoms with Crippen molar-refractivity contribution in [3.8, 4) is 0 Å². The fourth-order valence-electron chi connectivity index (χ4n) is 3.17. The van der Waals surface area contributed by atoms with Gasteiger partial charge in [0, 0.05) is 36.2 Å². The normalized spacial score (nSPS) is 16.4. The molecule has 2 aromatic rings. The summed E-state index contributed by atoms with van der Waals surface area (Å²) in [5.74, 6) is -1.05. The number of esters is 1. The molecule has 27 heavy (non-hydrogen) atoms. The number of hydrogen-bond donors (Lipinski definition) is 0. The SMILES string of the molecule is Cc1cc(C(=O)COC(=O)c2ccc([N+](=O)[O-])s2)c(C)n1C[C@H]1CCCO1. The maximum atomic E-state index is 12.5. The van der Waals surface area contributed by atoms with E-state index >= 15 is 0 Å². The molecule has 0 aliphatic carbocycles. The lowest BCUT2D eigenvalue weighted by Gasteiger charge is -2.14. The Kier molecular flexibility index (Phi) is 5.71. The zero-order valence-corrected chi connectivity index (χ0v) is 15.9. The lowest BCUT2D eigenvalue weighted by Crippen LogP contribution is -2.18. The minimum absolute atomic E-state index is 0.0957. The number of aromatic nitrogens is 1. The van der Waals surface area contributed by atoms with Gasteiger partial charge in [0.05, 0.1) is 11.0 Å². The van der Waals surface area contributed by atoms with Gasteiger partial charge in [-0.05, 0) is 38.8 Å². The van der Waals surface area contributed by atoms with E-state index in [-0.39, 0.29) is 21.8 Å². The van der Waals surface area contributed by atoms with E-state index in [0.717, 1.165) is 42.2 Å². The summed E-state index contributed by atoms with van der Waals surface area (Å²) in [6.45, 7) is 4.85. The van der Waals surface area contributed by atoms with Crippen LogP contribution in [-0.2, 0) is 16.0 Å². The summed E-state index contributed by atoms with van der Waals surface area (Å²) in [5.41, 5.74) is 2.28. The fourth-order valence-corrected chi connectivity index (χ4v) is 3.89. The van der Waals surface area contributed by atoms with E-state index in [9.17, 15) is 19.7 Å². The maximum absolute atomic E-state index is 12.5. The zero-order valence-electron chi connectivity index (χ0n) is 15.1. The van der Waals surface area contributed by atoms with Crippen LogP contribution in [0.4, 0.5) is 5.00 Å². The smallest absolute Gasteiger partial charge is 0.349 e. The molecule has 2 aromatic heterocycles. The van der Waals surface area contributed by atoms with Crippen molar-refractivity contribution in [2.45, 2.75) is 39.3 Å². The summed E-state index contributed by atoms with van der Waals surface area (Å²) in [6, 6.07) is 4.35. The van der Waals surface area contributed by atoms with Gasteiger partial charge in [-0.1, -0.05) is 11.3 Å². The Balaban J connectivity index is 1.63. The summed E-state index contributed by atoms with van der Waals surface area (Å²) in [6.07, 6.45) is 2.21. The lowest BCUT2D eigenvalue weighted by atomic mass is 10.1. The molecule has 1 aliphatic rings. The molecule has 0 bridgehead atoms. The number of rotatable bonds is 7. The number of aryl methyl sites for hydroxylation is 1. The Bertz CT molecular complexity index is 879. The second-order valence-electron chi connectivity index (χ2n) is 6.42. The number of thiophene rings is 1. The molecule has 0 radical (unpaired) electrons. The van der Waals surface area contributed by atoms with E-state index in [1.165, 1.54) is 12.1 Å².